The minimum atomic E-state index is -1.88. The zero-order valence-corrected chi connectivity index (χ0v) is 38.0. The van der Waals surface area contributed by atoms with E-state index in [1.54, 1.807) is 45.9 Å². The molecule has 2 aromatic rings. The predicted octanol–water partition coefficient (Wildman–Crippen LogP) is 4.42. The summed E-state index contributed by atoms with van der Waals surface area (Å²) in [5, 5.41) is 16.9. The molecule has 3 N–H and O–H groups in total. The number of nitrogen functional groups attached to an aromatic ring is 1. The number of anilines is 1. The Morgan fingerprint density at radius 2 is 1.77 bits per heavy atom. The molecular weight excluding hydrogens is 807 g/mol. The number of ether oxygens (including phenoxy) is 6. The Labute approximate surface area is 363 Å². The lowest BCUT2D eigenvalue weighted by Crippen LogP contribution is -2.60. The summed E-state index contributed by atoms with van der Waals surface area (Å²) in [5.41, 5.74) is 4.83. The number of cyclic esters (lactones) is 1. The molecule has 2 bridgehead atoms. The first kappa shape index (κ1) is 48.7. The van der Waals surface area contributed by atoms with Crippen molar-refractivity contribution >= 4 is 52.2 Å². The fourth-order valence-corrected chi connectivity index (χ4v) is 9.19. The van der Waals surface area contributed by atoms with Crippen molar-refractivity contribution in [3.8, 4) is 0 Å². The average Bonchev–Trinajstić information content (AvgIpc) is 3.57. The Hall–Kier alpha value is -4.33. The first-order valence-corrected chi connectivity index (χ1v) is 21.3. The van der Waals surface area contributed by atoms with Crippen LogP contribution in [-0.4, -0.2) is 131 Å². The number of likely N-dealkylation sites (N-methyl/N-ethyl adjacent to an activating group) is 1. The van der Waals surface area contributed by atoms with Crippen LogP contribution in [0.3, 0.4) is 0 Å². The topological polar surface area (TPSA) is 233 Å². The van der Waals surface area contributed by atoms with Crippen molar-refractivity contribution in [2.75, 3.05) is 33.0 Å². The maximum absolute atomic E-state index is 14.6. The number of ketones is 1. The average molecular weight is 872 g/mol. The van der Waals surface area contributed by atoms with Crippen LogP contribution in [0.2, 0.25) is 0 Å². The van der Waals surface area contributed by atoms with Crippen LogP contribution in [0.5, 0.6) is 0 Å². The zero-order valence-electron chi connectivity index (χ0n) is 38.0. The van der Waals surface area contributed by atoms with Crippen LogP contribution in [0.1, 0.15) is 94.1 Å². The van der Waals surface area contributed by atoms with E-state index in [2.05, 4.69) is 15.1 Å². The summed E-state index contributed by atoms with van der Waals surface area (Å²) in [4.78, 5) is 70.6. The van der Waals surface area contributed by atoms with E-state index in [1.807, 2.05) is 32.8 Å². The van der Waals surface area contributed by atoms with Gasteiger partial charge in [-0.3, -0.25) is 19.2 Å². The zero-order chi connectivity index (χ0) is 45.8. The summed E-state index contributed by atoms with van der Waals surface area (Å²) in [7, 11) is 3.73. The van der Waals surface area contributed by atoms with Gasteiger partial charge >= 0.3 is 11.9 Å². The van der Waals surface area contributed by atoms with Gasteiger partial charge in [0.25, 0.3) is 6.01 Å². The molecular formula is C44H65N5O13. The first-order chi connectivity index (χ1) is 29.1. The number of nitrogens with two attached hydrogens (primary N) is 1. The van der Waals surface area contributed by atoms with Crippen molar-refractivity contribution in [2.24, 2.45) is 33.8 Å². The summed E-state index contributed by atoms with van der Waals surface area (Å²) >= 11 is 0. The van der Waals surface area contributed by atoms with Gasteiger partial charge in [0.1, 0.15) is 35.5 Å². The van der Waals surface area contributed by atoms with Crippen LogP contribution in [0.4, 0.5) is 6.01 Å². The maximum atomic E-state index is 14.6. The molecule has 0 saturated carbocycles. The standard InChI is InChI=1S/C44H65N5O13/c1-13-34-44(10,54)39-24(4)35(46-27(7)50)22(2)18-43(9,56-21-30(20-55-39)48-57-19-29-14-15-33-31(17-29)47-42(45)60-33)38(25(5)36(52)26(6)40(53)61-34)62-41-37(59-28(8)51)32(49(11)12)16-23(3)58-41/h14-15,17,22-26,32,34,37-39,41,54H,13,16,18-21H2,1-12H3,(H2,45,47)/t22-,23-,24+,25+,26-,32+,34-,37-,38-,39-,41+,43-,44-/m1/s1. The molecule has 18 nitrogen and oxygen atoms in total. The lowest BCUT2D eigenvalue weighted by Gasteiger charge is -2.48. The molecule has 3 saturated heterocycles. The first-order valence-electron chi connectivity index (χ1n) is 21.3. The SMILES string of the molecule is CC[C@H]1OC(=O)[C@H](C)C(=O)[C@H](C)[C@@H](O[C@@H]2O[C@H](C)C[C@H](N(C)C)[C@H]2OC(C)=O)[C@@]2(C)C[C@@H](C)C(=NC(C)=O)[C@H](C)[C@@H](OCC(=NOCc3ccc4oc(N)nc4c3)CO2)[C@]1(C)O. The lowest BCUT2D eigenvalue weighted by atomic mass is 9.73. The number of Topliss-reactive ketones (excluding diaryl/α,β-unsaturated/α-hetero) is 1. The summed E-state index contributed by atoms with van der Waals surface area (Å²) in [6.07, 6.45) is -5.17. The van der Waals surface area contributed by atoms with E-state index in [0.29, 0.717) is 28.8 Å². The van der Waals surface area contributed by atoms with Gasteiger partial charge in [-0.2, -0.15) is 4.98 Å². The van der Waals surface area contributed by atoms with Gasteiger partial charge in [-0.25, -0.2) is 4.99 Å². The van der Waals surface area contributed by atoms with Crippen molar-refractivity contribution < 1.29 is 62.0 Å². The van der Waals surface area contributed by atoms with E-state index in [9.17, 15) is 24.3 Å². The third-order valence-corrected chi connectivity index (χ3v) is 12.3. The van der Waals surface area contributed by atoms with Crippen LogP contribution in [0.15, 0.2) is 32.8 Å². The number of oxazole rings is 1. The molecule has 18 heteroatoms. The summed E-state index contributed by atoms with van der Waals surface area (Å²) in [6, 6.07) is 4.98. The molecule has 3 aliphatic rings. The number of hydrogen-bond donors (Lipinski definition) is 2. The number of aromatic nitrogens is 1. The second-order valence-corrected chi connectivity index (χ2v) is 17.8. The highest BCUT2D eigenvalue weighted by Crippen LogP contribution is 2.40. The number of amides is 1. The third-order valence-electron chi connectivity index (χ3n) is 12.3. The molecule has 1 aromatic heterocycles. The van der Waals surface area contributed by atoms with Gasteiger partial charge in [-0.1, -0.05) is 38.9 Å². The Kier molecular flexibility index (Phi) is 15.7. The highest BCUT2D eigenvalue weighted by Gasteiger charge is 2.53. The molecule has 3 fully saturated rings. The van der Waals surface area contributed by atoms with E-state index in [1.165, 1.54) is 27.7 Å². The Bertz CT molecular complexity index is 2000. The van der Waals surface area contributed by atoms with Gasteiger partial charge in [0, 0.05) is 31.4 Å². The van der Waals surface area contributed by atoms with Gasteiger partial charge in [-0.05, 0) is 84.7 Å². The maximum Gasteiger partial charge on any atom is 0.316 e. The Balaban J connectivity index is 1.69. The number of carbonyl (C=O) groups is 4. The smallest absolute Gasteiger partial charge is 0.316 e. The van der Waals surface area contributed by atoms with Crippen LogP contribution >= 0.6 is 0 Å². The number of nitrogens with zero attached hydrogens (tertiary/aromatic N) is 4. The lowest BCUT2D eigenvalue weighted by molar-refractivity contribution is -0.298. The number of rotatable bonds is 8. The van der Waals surface area contributed by atoms with Gasteiger partial charge < -0.3 is 53.4 Å². The van der Waals surface area contributed by atoms with E-state index in [4.69, 9.17) is 43.4 Å². The molecule has 5 rings (SSSR count). The molecule has 13 atom stereocenters. The van der Waals surface area contributed by atoms with E-state index in [-0.39, 0.29) is 56.5 Å². The number of hydrogen-bond acceptors (Lipinski definition) is 17. The molecule has 0 radical (unpaired) electrons. The summed E-state index contributed by atoms with van der Waals surface area (Å²) in [6.45, 7) is 15.8. The minimum absolute atomic E-state index is 0.0122. The number of carbonyl (C=O) groups excluding carboxylic acids is 4. The van der Waals surface area contributed by atoms with Gasteiger partial charge in [0.15, 0.2) is 23.8 Å². The number of fused-ring (bicyclic) bond motifs is 6. The number of esters is 2. The summed E-state index contributed by atoms with van der Waals surface area (Å²) < 4.78 is 44.2. The number of benzene rings is 1. The van der Waals surface area contributed by atoms with Crippen LogP contribution < -0.4 is 5.73 Å². The second-order valence-electron chi connectivity index (χ2n) is 17.8. The molecule has 0 spiro atoms. The van der Waals surface area contributed by atoms with E-state index < -0.39 is 89.2 Å². The fourth-order valence-electron chi connectivity index (χ4n) is 9.19. The normalized spacial score (nSPS) is 36.8. The molecule has 4 heterocycles. The van der Waals surface area contributed by atoms with Gasteiger partial charge in [0.2, 0.25) is 5.91 Å². The van der Waals surface area contributed by atoms with Crippen LogP contribution in [-0.2, 0) is 59.0 Å². The van der Waals surface area contributed by atoms with E-state index in [0.717, 1.165) is 0 Å². The van der Waals surface area contributed by atoms with E-state index >= 15 is 0 Å². The molecule has 62 heavy (non-hydrogen) atoms. The van der Waals surface area contributed by atoms with Crippen molar-refractivity contribution in [3.63, 3.8) is 0 Å². The third kappa shape index (κ3) is 11.1. The van der Waals surface area contributed by atoms with Crippen molar-refractivity contribution in [1.29, 1.82) is 0 Å². The molecule has 1 aromatic carbocycles. The largest absolute Gasteiger partial charge is 0.459 e. The molecule has 1 amide bonds. The molecule has 344 valence electrons. The van der Waals surface area contributed by atoms with Crippen LogP contribution in [0, 0.1) is 23.7 Å². The second kappa shape index (κ2) is 20.0. The molecule has 0 aliphatic carbocycles. The molecule has 0 unspecified atom stereocenters. The highest BCUT2D eigenvalue weighted by atomic mass is 16.7. The van der Waals surface area contributed by atoms with Crippen molar-refractivity contribution in [1.82, 2.24) is 9.88 Å². The number of oxime groups is 1. The fraction of sp³-hybridized carbons (Fsp3) is 0.705. The van der Waals surface area contributed by atoms with Crippen LogP contribution in [0.25, 0.3) is 11.1 Å². The van der Waals surface area contributed by atoms with Gasteiger partial charge in [-0.15, -0.1) is 0 Å². The minimum Gasteiger partial charge on any atom is -0.459 e. The monoisotopic (exact) mass is 871 g/mol. The van der Waals surface area contributed by atoms with Crippen molar-refractivity contribution in [3.05, 3.63) is 23.8 Å². The van der Waals surface area contributed by atoms with Gasteiger partial charge in [0.05, 0.1) is 43.2 Å². The number of aliphatic hydroxyl groups is 1. The summed E-state index contributed by atoms with van der Waals surface area (Å²) in [5.74, 6) is -6.09. The highest BCUT2D eigenvalue weighted by molar-refractivity contribution is 6.00. The Morgan fingerprint density at radius 1 is 1.06 bits per heavy atom. The predicted molar refractivity (Wildman–Crippen MR) is 227 cm³/mol. The van der Waals surface area contributed by atoms with Crippen molar-refractivity contribution in [2.45, 2.75) is 149 Å². The number of aliphatic imine (C=N–C) groups is 1. The molecule has 3 aliphatic heterocycles. The quantitative estimate of drug-likeness (QED) is 0.212. The Morgan fingerprint density at radius 3 is 2.42 bits per heavy atom.